The Hall–Kier alpha value is -4.56. The van der Waals surface area contributed by atoms with Crippen LogP contribution in [-0.4, -0.2) is 28.7 Å². The van der Waals surface area contributed by atoms with Crippen LogP contribution in [0.1, 0.15) is 28.9 Å². The van der Waals surface area contributed by atoms with E-state index in [4.69, 9.17) is 16.3 Å². The zero-order chi connectivity index (χ0) is 25.9. The summed E-state index contributed by atoms with van der Waals surface area (Å²) in [6.45, 7) is 1.80. The van der Waals surface area contributed by atoms with Gasteiger partial charge in [-0.05, 0) is 48.9 Å². The summed E-state index contributed by atoms with van der Waals surface area (Å²) in [6, 6.07) is 23.0. The van der Waals surface area contributed by atoms with E-state index in [9.17, 15) is 9.59 Å². The normalized spacial score (nSPS) is 14.4. The van der Waals surface area contributed by atoms with Crippen LogP contribution in [0.4, 0.5) is 17.2 Å². The number of amides is 2. The minimum Gasteiger partial charge on any atom is -0.495 e. The van der Waals surface area contributed by atoms with Crippen molar-refractivity contribution in [2.75, 3.05) is 23.1 Å². The summed E-state index contributed by atoms with van der Waals surface area (Å²) in [4.78, 5) is 26.8. The van der Waals surface area contributed by atoms with Crippen LogP contribution < -0.4 is 20.7 Å². The quantitative estimate of drug-likeness (QED) is 0.306. The van der Waals surface area contributed by atoms with Gasteiger partial charge in [0.1, 0.15) is 23.2 Å². The van der Waals surface area contributed by atoms with E-state index in [1.54, 1.807) is 43.0 Å². The standard InChI is InChI=1S/C28H24ClN5O3/c1-17-24(28(36)33-22-10-6-7-11-23(22)37-2)25(18-12-14-19(29)15-13-18)34-26(31-17)21(16-30-34)27(35)32-20-8-4-3-5-9-20/h3-16,25,31H,1-2H3,(H,32,35)(H,33,36)/t25-/m0/s1. The maximum atomic E-state index is 13.7. The van der Waals surface area contributed by atoms with Crippen molar-refractivity contribution < 1.29 is 14.3 Å². The predicted molar refractivity (Wildman–Crippen MR) is 144 cm³/mol. The number of carbonyl (C=O) groups excluding carboxylic acids is 2. The summed E-state index contributed by atoms with van der Waals surface area (Å²) in [5, 5.41) is 14.2. The number of rotatable bonds is 6. The summed E-state index contributed by atoms with van der Waals surface area (Å²) in [5.41, 5.74) is 3.38. The van der Waals surface area contributed by atoms with Crippen LogP contribution in [0.5, 0.6) is 5.75 Å². The number of anilines is 3. The molecular weight excluding hydrogens is 490 g/mol. The fourth-order valence-corrected chi connectivity index (χ4v) is 4.45. The van der Waals surface area contributed by atoms with E-state index >= 15 is 0 Å². The number of carbonyl (C=O) groups is 2. The molecule has 0 saturated heterocycles. The molecule has 1 aliphatic heterocycles. The summed E-state index contributed by atoms with van der Waals surface area (Å²) in [5.74, 6) is 0.385. The number of ether oxygens (including phenoxy) is 1. The Morgan fingerprint density at radius 2 is 1.65 bits per heavy atom. The Morgan fingerprint density at radius 3 is 2.38 bits per heavy atom. The molecule has 2 heterocycles. The number of nitrogens with one attached hydrogen (secondary N) is 3. The number of aromatic nitrogens is 2. The first kappa shape index (κ1) is 24.1. The minimum absolute atomic E-state index is 0.315. The second kappa shape index (κ2) is 10.2. The first-order valence-electron chi connectivity index (χ1n) is 11.6. The van der Waals surface area contributed by atoms with Gasteiger partial charge in [0.15, 0.2) is 0 Å². The van der Waals surface area contributed by atoms with Crippen molar-refractivity contribution in [2.24, 2.45) is 0 Å². The molecule has 3 N–H and O–H groups in total. The first-order valence-corrected chi connectivity index (χ1v) is 12.0. The smallest absolute Gasteiger partial charge is 0.261 e. The number of hydrogen-bond acceptors (Lipinski definition) is 5. The Labute approximate surface area is 218 Å². The van der Waals surface area contributed by atoms with Gasteiger partial charge in [-0.25, -0.2) is 4.68 Å². The van der Waals surface area contributed by atoms with E-state index in [-0.39, 0.29) is 11.8 Å². The molecule has 5 rings (SSSR count). The number of hydrogen-bond donors (Lipinski definition) is 3. The maximum Gasteiger partial charge on any atom is 0.261 e. The van der Waals surface area contributed by atoms with Crippen LogP contribution in [0.25, 0.3) is 0 Å². The molecule has 37 heavy (non-hydrogen) atoms. The topological polar surface area (TPSA) is 97.3 Å². The van der Waals surface area contributed by atoms with Crippen molar-refractivity contribution in [1.29, 1.82) is 0 Å². The fourth-order valence-electron chi connectivity index (χ4n) is 4.33. The third kappa shape index (κ3) is 4.79. The number of benzene rings is 3. The van der Waals surface area contributed by atoms with E-state index in [0.29, 0.717) is 44.8 Å². The lowest BCUT2D eigenvalue weighted by Gasteiger charge is -2.30. The van der Waals surface area contributed by atoms with E-state index in [0.717, 1.165) is 5.56 Å². The zero-order valence-corrected chi connectivity index (χ0v) is 20.9. The number of fused-ring (bicyclic) bond motifs is 1. The third-order valence-corrected chi connectivity index (χ3v) is 6.34. The largest absolute Gasteiger partial charge is 0.495 e. The van der Waals surface area contributed by atoms with Gasteiger partial charge in [0.05, 0.1) is 24.6 Å². The second-order valence-electron chi connectivity index (χ2n) is 8.44. The molecule has 0 unspecified atom stereocenters. The van der Waals surface area contributed by atoms with Gasteiger partial charge in [0.25, 0.3) is 11.8 Å². The summed E-state index contributed by atoms with van der Waals surface area (Å²) in [7, 11) is 1.55. The third-order valence-electron chi connectivity index (χ3n) is 6.09. The second-order valence-corrected chi connectivity index (χ2v) is 8.88. The molecule has 0 saturated carbocycles. The number of para-hydroxylation sites is 3. The molecule has 0 spiro atoms. The van der Waals surface area contributed by atoms with Gasteiger partial charge in [-0.1, -0.05) is 54.1 Å². The van der Waals surface area contributed by atoms with Crippen molar-refractivity contribution in [3.8, 4) is 5.75 Å². The average Bonchev–Trinajstić information content (AvgIpc) is 3.33. The SMILES string of the molecule is COc1ccccc1NC(=O)C1=C(C)Nc2c(C(=O)Nc3ccccc3)cnn2[C@H]1c1ccc(Cl)cc1. The molecule has 1 aliphatic rings. The lowest BCUT2D eigenvalue weighted by molar-refractivity contribution is -0.113. The van der Waals surface area contributed by atoms with Crippen LogP contribution >= 0.6 is 11.6 Å². The molecule has 9 heteroatoms. The van der Waals surface area contributed by atoms with Crippen LogP contribution in [0.3, 0.4) is 0 Å². The molecule has 4 aromatic rings. The van der Waals surface area contributed by atoms with Gasteiger partial charge < -0.3 is 20.7 Å². The van der Waals surface area contributed by atoms with Crippen molar-refractivity contribution in [2.45, 2.75) is 13.0 Å². The van der Waals surface area contributed by atoms with Gasteiger partial charge >= 0.3 is 0 Å². The summed E-state index contributed by atoms with van der Waals surface area (Å²) >= 11 is 6.15. The molecule has 3 aromatic carbocycles. The van der Waals surface area contributed by atoms with Gasteiger partial charge in [-0.2, -0.15) is 5.10 Å². The van der Waals surface area contributed by atoms with Crippen LogP contribution in [-0.2, 0) is 4.79 Å². The number of methoxy groups -OCH3 is 1. The van der Waals surface area contributed by atoms with Crippen molar-refractivity contribution in [3.05, 3.63) is 112 Å². The highest BCUT2D eigenvalue weighted by molar-refractivity contribution is 6.30. The van der Waals surface area contributed by atoms with E-state index in [1.807, 2.05) is 54.6 Å². The van der Waals surface area contributed by atoms with E-state index in [1.165, 1.54) is 6.20 Å². The van der Waals surface area contributed by atoms with Gasteiger partial charge in [0.2, 0.25) is 0 Å². The van der Waals surface area contributed by atoms with Crippen LogP contribution in [0, 0.1) is 0 Å². The highest BCUT2D eigenvalue weighted by Crippen LogP contribution is 2.38. The molecule has 1 aromatic heterocycles. The zero-order valence-electron chi connectivity index (χ0n) is 20.2. The van der Waals surface area contributed by atoms with E-state index in [2.05, 4.69) is 21.0 Å². The van der Waals surface area contributed by atoms with Gasteiger partial charge in [0, 0.05) is 16.4 Å². The molecule has 0 radical (unpaired) electrons. The van der Waals surface area contributed by atoms with Gasteiger partial charge in [-0.3, -0.25) is 9.59 Å². The van der Waals surface area contributed by atoms with E-state index < -0.39 is 6.04 Å². The maximum absolute atomic E-state index is 13.7. The Kier molecular flexibility index (Phi) is 6.66. The Bertz CT molecular complexity index is 1500. The molecular formula is C28H24ClN5O3. The molecule has 186 valence electrons. The number of allylic oxidation sites excluding steroid dienone is 1. The molecule has 0 fully saturated rings. The van der Waals surface area contributed by atoms with Gasteiger partial charge in [-0.15, -0.1) is 0 Å². The molecule has 2 amide bonds. The highest BCUT2D eigenvalue weighted by Gasteiger charge is 2.35. The Morgan fingerprint density at radius 1 is 0.946 bits per heavy atom. The summed E-state index contributed by atoms with van der Waals surface area (Å²) in [6.07, 6.45) is 1.50. The molecule has 0 aliphatic carbocycles. The van der Waals surface area contributed by atoms with Crippen LogP contribution in [0.2, 0.25) is 5.02 Å². The average molecular weight is 514 g/mol. The monoisotopic (exact) mass is 513 g/mol. The molecule has 0 bridgehead atoms. The lowest BCUT2D eigenvalue weighted by Crippen LogP contribution is -2.32. The van der Waals surface area contributed by atoms with Crippen molar-refractivity contribution in [1.82, 2.24) is 9.78 Å². The first-order chi connectivity index (χ1) is 18.0. The summed E-state index contributed by atoms with van der Waals surface area (Å²) < 4.78 is 7.04. The Balaban J connectivity index is 1.55. The number of nitrogens with zero attached hydrogens (tertiary/aromatic N) is 2. The number of halogens is 1. The van der Waals surface area contributed by atoms with Crippen molar-refractivity contribution in [3.63, 3.8) is 0 Å². The lowest BCUT2D eigenvalue weighted by atomic mass is 9.94. The highest BCUT2D eigenvalue weighted by atomic mass is 35.5. The van der Waals surface area contributed by atoms with Crippen LogP contribution in [0.15, 0.2) is 96.3 Å². The minimum atomic E-state index is -0.610. The molecule has 1 atom stereocenters. The fraction of sp³-hybridized carbons (Fsp3) is 0.107. The van der Waals surface area contributed by atoms with Crippen molar-refractivity contribution >= 4 is 40.6 Å². The predicted octanol–water partition coefficient (Wildman–Crippen LogP) is 5.73. The molecule has 8 nitrogen and oxygen atoms in total.